The number of hydrogen-bond acceptors (Lipinski definition) is 5. The highest BCUT2D eigenvalue weighted by molar-refractivity contribution is 6.02. The van der Waals surface area contributed by atoms with Gasteiger partial charge in [-0.05, 0) is 68.9 Å². The van der Waals surface area contributed by atoms with Crippen LogP contribution in [0.4, 0.5) is 10.5 Å². The van der Waals surface area contributed by atoms with Crippen LogP contribution < -0.4 is 4.90 Å². The summed E-state index contributed by atoms with van der Waals surface area (Å²) in [6, 6.07) is 13.7. The van der Waals surface area contributed by atoms with Crippen molar-refractivity contribution in [2.24, 2.45) is 0 Å². The largest absolute Gasteiger partial charge is 0.444 e. The molecule has 2 aromatic carbocycles. The van der Waals surface area contributed by atoms with Crippen LogP contribution in [-0.4, -0.2) is 54.6 Å². The molecule has 4 rings (SSSR count). The molecule has 0 saturated carbocycles. The van der Waals surface area contributed by atoms with E-state index in [1.807, 2.05) is 68.1 Å². The van der Waals surface area contributed by atoms with Gasteiger partial charge in [-0.3, -0.25) is 9.59 Å². The van der Waals surface area contributed by atoms with Crippen molar-refractivity contribution in [2.45, 2.75) is 71.1 Å². The molecule has 7 nitrogen and oxygen atoms in total. The number of carbonyl (C=O) groups excluding carboxylic acids is 3. The number of Topliss-reactive ketones (excluding diaryl/α,β-unsaturated/α-hetero) is 1. The molecule has 0 spiro atoms. The topological polar surface area (TPSA) is 76.2 Å². The van der Waals surface area contributed by atoms with Crippen molar-refractivity contribution in [3.05, 3.63) is 64.7 Å². The molecule has 2 aromatic rings. The second kappa shape index (κ2) is 10.8. The molecule has 2 aliphatic heterocycles. The standard InChI is InChI=1S/C29H36N2O5/c1-29(2,3)36-28(34)30(18-20-8-6-5-7-9-20)19-24(35-4)11-12-25(32)23-16-21-10-13-26(33)31-15-14-22(17-23)27(21)31/h5-9,16-17,24H,10-15,18-19H2,1-4H3. The van der Waals surface area contributed by atoms with Crippen LogP contribution in [0.25, 0.3) is 0 Å². The van der Waals surface area contributed by atoms with Gasteiger partial charge in [0, 0.05) is 38.6 Å². The van der Waals surface area contributed by atoms with E-state index < -0.39 is 11.7 Å². The van der Waals surface area contributed by atoms with Crippen LogP contribution in [0.15, 0.2) is 42.5 Å². The molecule has 2 aliphatic rings. The number of ketones is 1. The first-order chi connectivity index (χ1) is 17.1. The highest BCUT2D eigenvalue weighted by Crippen LogP contribution is 2.37. The van der Waals surface area contributed by atoms with E-state index in [0.717, 1.165) is 28.8 Å². The van der Waals surface area contributed by atoms with Gasteiger partial charge in [0.2, 0.25) is 5.91 Å². The Balaban J connectivity index is 1.42. The number of amides is 2. The predicted molar refractivity (Wildman–Crippen MR) is 138 cm³/mol. The Hall–Kier alpha value is -3.19. The van der Waals surface area contributed by atoms with Crippen LogP contribution in [0.2, 0.25) is 0 Å². The lowest BCUT2D eigenvalue weighted by atomic mass is 9.94. The highest BCUT2D eigenvalue weighted by Gasteiger charge is 2.32. The van der Waals surface area contributed by atoms with Gasteiger partial charge in [-0.15, -0.1) is 0 Å². The van der Waals surface area contributed by atoms with Crippen molar-refractivity contribution < 1.29 is 23.9 Å². The van der Waals surface area contributed by atoms with Crippen molar-refractivity contribution in [1.82, 2.24) is 4.90 Å². The summed E-state index contributed by atoms with van der Waals surface area (Å²) in [5.74, 6) is 0.228. The van der Waals surface area contributed by atoms with Crippen molar-refractivity contribution in [2.75, 3.05) is 25.1 Å². The van der Waals surface area contributed by atoms with Crippen LogP contribution in [0.3, 0.4) is 0 Å². The molecule has 1 atom stereocenters. The van der Waals surface area contributed by atoms with Crippen LogP contribution in [0.1, 0.15) is 67.1 Å². The van der Waals surface area contributed by atoms with E-state index in [0.29, 0.717) is 50.9 Å². The third kappa shape index (κ3) is 6.13. The maximum atomic E-state index is 13.2. The van der Waals surface area contributed by atoms with Crippen molar-refractivity contribution >= 4 is 23.5 Å². The molecule has 7 heteroatoms. The van der Waals surface area contributed by atoms with Gasteiger partial charge in [0.25, 0.3) is 0 Å². The number of aryl methyl sites for hydroxylation is 1. The van der Waals surface area contributed by atoms with Crippen molar-refractivity contribution in [3.63, 3.8) is 0 Å². The van der Waals surface area contributed by atoms with Gasteiger partial charge in [-0.25, -0.2) is 4.79 Å². The third-order valence-corrected chi connectivity index (χ3v) is 6.69. The number of hydrogen-bond donors (Lipinski definition) is 0. The summed E-state index contributed by atoms with van der Waals surface area (Å²) in [6.07, 6.45) is 2.05. The summed E-state index contributed by atoms with van der Waals surface area (Å²) in [5, 5.41) is 0. The number of carbonyl (C=O) groups is 3. The van der Waals surface area contributed by atoms with Crippen LogP contribution in [-0.2, 0) is 33.7 Å². The second-order valence-electron chi connectivity index (χ2n) is 10.6. The van der Waals surface area contributed by atoms with Gasteiger partial charge in [0.05, 0.1) is 18.3 Å². The molecule has 0 radical (unpaired) electrons. The van der Waals surface area contributed by atoms with Crippen LogP contribution in [0.5, 0.6) is 0 Å². The molecule has 36 heavy (non-hydrogen) atoms. The fourth-order valence-corrected chi connectivity index (χ4v) is 4.92. The summed E-state index contributed by atoms with van der Waals surface area (Å²) in [4.78, 5) is 41.8. The lowest BCUT2D eigenvalue weighted by molar-refractivity contribution is -0.118. The minimum absolute atomic E-state index is 0.0540. The maximum Gasteiger partial charge on any atom is 0.410 e. The summed E-state index contributed by atoms with van der Waals surface area (Å²) in [7, 11) is 1.61. The van der Waals surface area contributed by atoms with Gasteiger partial charge < -0.3 is 19.3 Å². The zero-order chi connectivity index (χ0) is 25.9. The molecule has 192 valence electrons. The van der Waals surface area contributed by atoms with E-state index >= 15 is 0 Å². The first-order valence-electron chi connectivity index (χ1n) is 12.7. The maximum absolute atomic E-state index is 13.2. The average Bonchev–Trinajstić information content (AvgIpc) is 3.28. The first kappa shape index (κ1) is 25.9. The van der Waals surface area contributed by atoms with Gasteiger partial charge in [0.15, 0.2) is 5.78 Å². The van der Waals surface area contributed by atoms with Crippen LogP contribution >= 0.6 is 0 Å². The zero-order valence-electron chi connectivity index (χ0n) is 21.7. The summed E-state index contributed by atoms with van der Waals surface area (Å²) < 4.78 is 11.3. The van der Waals surface area contributed by atoms with E-state index in [9.17, 15) is 14.4 Å². The molecule has 0 aromatic heterocycles. The Bertz CT molecular complexity index is 1120. The van der Waals surface area contributed by atoms with E-state index in [1.54, 1.807) is 12.0 Å². The molecule has 2 heterocycles. The second-order valence-corrected chi connectivity index (χ2v) is 10.6. The molecule has 0 saturated heterocycles. The molecule has 1 unspecified atom stereocenters. The van der Waals surface area contributed by atoms with Gasteiger partial charge >= 0.3 is 6.09 Å². The Morgan fingerprint density at radius 3 is 2.42 bits per heavy atom. The van der Waals surface area contributed by atoms with E-state index in [-0.39, 0.29) is 17.8 Å². The van der Waals surface area contributed by atoms with E-state index in [2.05, 4.69) is 0 Å². The fraction of sp³-hybridized carbons (Fsp3) is 0.483. The number of benzene rings is 2. The Morgan fingerprint density at radius 1 is 1.06 bits per heavy atom. The lowest BCUT2D eigenvalue weighted by Gasteiger charge is -2.30. The van der Waals surface area contributed by atoms with Crippen LogP contribution in [0, 0.1) is 0 Å². The molecule has 0 aliphatic carbocycles. The normalized spacial score (nSPS) is 15.4. The fourth-order valence-electron chi connectivity index (χ4n) is 4.92. The summed E-state index contributed by atoms with van der Waals surface area (Å²) >= 11 is 0. The minimum Gasteiger partial charge on any atom is -0.444 e. The molecular formula is C29H36N2O5. The third-order valence-electron chi connectivity index (χ3n) is 6.69. The number of methoxy groups -OCH3 is 1. The quantitative estimate of drug-likeness (QED) is 0.464. The lowest BCUT2D eigenvalue weighted by Crippen LogP contribution is -2.41. The van der Waals surface area contributed by atoms with E-state index in [4.69, 9.17) is 9.47 Å². The monoisotopic (exact) mass is 492 g/mol. The summed E-state index contributed by atoms with van der Waals surface area (Å²) in [5.41, 5.74) is 4.28. The molecule has 0 fully saturated rings. The van der Waals surface area contributed by atoms with Crippen molar-refractivity contribution in [3.8, 4) is 0 Å². The SMILES string of the molecule is COC(CCC(=O)c1cc2c3c(c1)CCN3C(=O)CC2)CN(Cc1ccccc1)C(=O)OC(C)(C)C. The van der Waals surface area contributed by atoms with Gasteiger partial charge in [-0.2, -0.15) is 0 Å². The Labute approximate surface area is 213 Å². The highest BCUT2D eigenvalue weighted by atomic mass is 16.6. The Kier molecular flexibility index (Phi) is 7.79. The number of anilines is 1. The van der Waals surface area contributed by atoms with Gasteiger partial charge in [-0.1, -0.05) is 30.3 Å². The number of nitrogens with zero attached hydrogens (tertiary/aromatic N) is 2. The van der Waals surface area contributed by atoms with Gasteiger partial charge in [0.1, 0.15) is 5.60 Å². The molecule has 2 amide bonds. The number of ether oxygens (including phenoxy) is 2. The van der Waals surface area contributed by atoms with Crippen molar-refractivity contribution in [1.29, 1.82) is 0 Å². The molecule has 0 N–H and O–H groups in total. The zero-order valence-corrected chi connectivity index (χ0v) is 21.7. The molecular weight excluding hydrogens is 456 g/mol. The first-order valence-corrected chi connectivity index (χ1v) is 12.7. The summed E-state index contributed by atoms with van der Waals surface area (Å²) in [6.45, 7) is 6.95. The Morgan fingerprint density at radius 2 is 1.75 bits per heavy atom. The smallest absolute Gasteiger partial charge is 0.410 e. The van der Waals surface area contributed by atoms with E-state index in [1.165, 1.54) is 0 Å². The predicted octanol–water partition coefficient (Wildman–Crippen LogP) is 4.94. The average molecular weight is 493 g/mol. The number of rotatable bonds is 9. The molecule has 0 bridgehead atoms. The minimum atomic E-state index is -0.612.